The van der Waals surface area contributed by atoms with Gasteiger partial charge in [0.2, 0.25) is 0 Å². The van der Waals surface area contributed by atoms with E-state index in [2.05, 4.69) is 11.3 Å². The van der Waals surface area contributed by atoms with Crippen molar-refractivity contribution in [1.29, 1.82) is 0 Å². The minimum Gasteiger partial charge on any atom is -0.463 e. The molecule has 0 aromatic heterocycles. The molecule has 0 unspecified atom stereocenters. The Kier molecular flexibility index (Phi) is 5.66. The zero-order valence-corrected chi connectivity index (χ0v) is 10.5. The lowest BCUT2D eigenvalue weighted by Crippen LogP contribution is -2.21. The van der Waals surface area contributed by atoms with E-state index >= 15 is 0 Å². The zero-order valence-electron chi connectivity index (χ0n) is 8.88. The number of rotatable bonds is 7. The summed E-state index contributed by atoms with van der Waals surface area (Å²) >= 11 is 0. The fraction of sp³-hybridized carbons (Fsp3) is 0.625. The van der Waals surface area contributed by atoms with Gasteiger partial charge in [0.05, 0.1) is 18.1 Å². The standard InChI is InChI=1S/C8H14O6S2/c1-3-8(9)14-6-5-7-16(12,13)15(10,11)4-2/h3H,1,4-7H2,2H3. The minimum absolute atomic E-state index is 0.0544. The van der Waals surface area contributed by atoms with Gasteiger partial charge in [-0.1, -0.05) is 13.5 Å². The van der Waals surface area contributed by atoms with Crippen molar-refractivity contribution < 1.29 is 26.4 Å². The normalized spacial score (nSPS) is 12.1. The molecule has 0 aromatic carbocycles. The molecule has 0 saturated heterocycles. The largest absolute Gasteiger partial charge is 0.463 e. The highest BCUT2D eigenvalue weighted by molar-refractivity contribution is 8.67. The van der Waals surface area contributed by atoms with Crippen LogP contribution in [-0.2, 0) is 27.3 Å². The molecule has 0 saturated carbocycles. The molecule has 0 aromatic rings. The van der Waals surface area contributed by atoms with Crippen LogP contribution in [0.15, 0.2) is 12.7 Å². The fourth-order valence-electron chi connectivity index (χ4n) is 0.774. The highest BCUT2D eigenvalue weighted by Crippen LogP contribution is 2.06. The van der Waals surface area contributed by atoms with E-state index < -0.39 is 35.2 Å². The first-order valence-electron chi connectivity index (χ1n) is 4.51. The van der Waals surface area contributed by atoms with Gasteiger partial charge in [0.1, 0.15) is 0 Å². The van der Waals surface area contributed by atoms with Crippen LogP contribution < -0.4 is 0 Å². The van der Waals surface area contributed by atoms with Crippen LogP contribution in [0.3, 0.4) is 0 Å². The van der Waals surface area contributed by atoms with Gasteiger partial charge < -0.3 is 4.74 Å². The quantitative estimate of drug-likeness (QED) is 0.277. The molecule has 0 N–H and O–H groups in total. The predicted molar refractivity (Wildman–Crippen MR) is 59.0 cm³/mol. The molecule has 8 heteroatoms. The molecule has 0 radical (unpaired) electrons. The molecule has 0 atom stereocenters. The van der Waals surface area contributed by atoms with E-state index in [1.807, 2.05) is 0 Å². The maximum atomic E-state index is 11.2. The summed E-state index contributed by atoms with van der Waals surface area (Å²) in [5.74, 6) is -1.68. The summed E-state index contributed by atoms with van der Waals surface area (Å²) in [5, 5.41) is 0. The van der Waals surface area contributed by atoms with Crippen LogP contribution in [0.4, 0.5) is 0 Å². The van der Waals surface area contributed by atoms with Crippen LogP contribution in [0.2, 0.25) is 0 Å². The molecule has 6 nitrogen and oxygen atoms in total. The van der Waals surface area contributed by atoms with Gasteiger partial charge in [-0.3, -0.25) is 0 Å². The molecular weight excluding hydrogens is 256 g/mol. The lowest BCUT2D eigenvalue weighted by molar-refractivity contribution is -0.137. The Hall–Kier alpha value is -0.890. The van der Waals surface area contributed by atoms with E-state index in [1.165, 1.54) is 6.92 Å². The zero-order chi connectivity index (χ0) is 12.8. The number of ether oxygens (including phenoxy) is 1. The Morgan fingerprint density at radius 3 is 2.25 bits per heavy atom. The predicted octanol–water partition coefficient (Wildman–Crippen LogP) is -0.130. The molecule has 0 heterocycles. The first-order valence-corrected chi connectivity index (χ1v) is 8.33. The Balaban J connectivity index is 4.23. The van der Waals surface area contributed by atoms with Crippen molar-refractivity contribution in [2.24, 2.45) is 0 Å². The van der Waals surface area contributed by atoms with Crippen molar-refractivity contribution >= 4 is 23.7 Å². The Labute approximate surface area is 94.5 Å². The Bertz CT molecular complexity index is 445. The van der Waals surface area contributed by atoms with Crippen LogP contribution in [0.25, 0.3) is 0 Å². The van der Waals surface area contributed by atoms with Crippen LogP contribution in [-0.4, -0.2) is 40.9 Å². The summed E-state index contributed by atoms with van der Waals surface area (Å²) in [7, 11) is -8.25. The lowest BCUT2D eigenvalue weighted by Gasteiger charge is -2.04. The van der Waals surface area contributed by atoms with Gasteiger partial charge in [-0.2, -0.15) is 0 Å². The molecule has 0 spiro atoms. The first kappa shape index (κ1) is 15.1. The summed E-state index contributed by atoms with van der Waals surface area (Å²) < 4.78 is 49.2. The number of esters is 1. The molecule has 0 rings (SSSR count). The fourth-order valence-corrected chi connectivity index (χ4v) is 4.05. The summed E-state index contributed by atoms with van der Waals surface area (Å²) in [6.45, 7) is 4.26. The van der Waals surface area contributed by atoms with Crippen molar-refractivity contribution in [2.45, 2.75) is 13.3 Å². The molecular formula is C8H14O6S2. The van der Waals surface area contributed by atoms with E-state index in [-0.39, 0.29) is 13.0 Å². The lowest BCUT2D eigenvalue weighted by atomic mass is 10.5. The highest BCUT2D eigenvalue weighted by atomic mass is 33.2. The van der Waals surface area contributed by atoms with Gasteiger partial charge in [0.25, 0.3) is 17.7 Å². The Morgan fingerprint density at radius 2 is 1.81 bits per heavy atom. The van der Waals surface area contributed by atoms with Gasteiger partial charge in [-0.15, -0.1) is 0 Å². The molecule has 0 aliphatic rings. The molecule has 0 aliphatic heterocycles. The summed E-state index contributed by atoms with van der Waals surface area (Å²) in [6.07, 6.45) is 0.887. The van der Waals surface area contributed by atoms with Gasteiger partial charge in [0, 0.05) is 6.08 Å². The van der Waals surface area contributed by atoms with E-state index in [9.17, 15) is 21.6 Å². The number of carbonyl (C=O) groups is 1. The van der Waals surface area contributed by atoms with Crippen molar-refractivity contribution in [2.75, 3.05) is 18.1 Å². The van der Waals surface area contributed by atoms with E-state index in [1.54, 1.807) is 0 Å². The van der Waals surface area contributed by atoms with Crippen molar-refractivity contribution in [1.82, 2.24) is 0 Å². The van der Waals surface area contributed by atoms with Gasteiger partial charge in [-0.25, -0.2) is 21.6 Å². The maximum Gasteiger partial charge on any atom is 0.330 e. The average molecular weight is 270 g/mol. The topological polar surface area (TPSA) is 94.6 Å². The van der Waals surface area contributed by atoms with Crippen LogP contribution in [0.1, 0.15) is 13.3 Å². The molecule has 0 aliphatic carbocycles. The van der Waals surface area contributed by atoms with Gasteiger partial charge >= 0.3 is 5.97 Å². The van der Waals surface area contributed by atoms with Crippen molar-refractivity contribution in [3.05, 3.63) is 12.7 Å². The third-order valence-electron chi connectivity index (χ3n) is 1.69. The van der Waals surface area contributed by atoms with Crippen LogP contribution >= 0.6 is 0 Å². The second-order valence-corrected chi connectivity index (χ2v) is 9.10. The third-order valence-corrected chi connectivity index (χ3v) is 7.49. The molecule has 0 fully saturated rings. The SMILES string of the molecule is C=CC(=O)OCCCS(=O)(=O)S(=O)(=O)CC. The monoisotopic (exact) mass is 270 g/mol. The van der Waals surface area contributed by atoms with Gasteiger partial charge in [0.15, 0.2) is 0 Å². The Morgan fingerprint density at radius 1 is 1.25 bits per heavy atom. The summed E-state index contributed by atoms with van der Waals surface area (Å²) in [6, 6.07) is 0. The minimum atomic E-state index is -4.16. The summed E-state index contributed by atoms with van der Waals surface area (Å²) in [5.41, 5.74) is 0. The highest BCUT2D eigenvalue weighted by Gasteiger charge is 2.26. The molecule has 0 bridgehead atoms. The number of hydrogen-bond donors (Lipinski definition) is 0. The van der Waals surface area contributed by atoms with Crippen molar-refractivity contribution in [3.63, 3.8) is 0 Å². The maximum absolute atomic E-state index is 11.2. The third kappa shape index (κ3) is 4.31. The second-order valence-electron chi connectivity index (χ2n) is 2.83. The van der Waals surface area contributed by atoms with Crippen LogP contribution in [0.5, 0.6) is 0 Å². The van der Waals surface area contributed by atoms with Gasteiger partial charge in [-0.05, 0) is 6.42 Å². The smallest absolute Gasteiger partial charge is 0.330 e. The summed E-state index contributed by atoms with van der Waals surface area (Å²) in [4.78, 5) is 10.6. The average Bonchev–Trinajstić information content (AvgIpc) is 2.23. The van der Waals surface area contributed by atoms with Crippen LogP contribution in [0, 0.1) is 0 Å². The first-order chi connectivity index (χ1) is 7.27. The van der Waals surface area contributed by atoms with E-state index in [0.717, 1.165) is 6.08 Å². The van der Waals surface area contributed by atoms with E-state index in [0.29, 0.717) is 0 Å². The molecule has 16 heavy (non-hydrogen) atoms. The number of carbonyl (C=O) groups excluding carboxylic acids is 1. The molecule has 0 amide bonds. The number of hydrogen-bond acceptors (Lipinski definition) is 6. The van der Waals surface area contributed by atoms with Crippen molar-refractivity contribution in [3.8, 4) is 0 Å². The second kappa shape index (κ2) is 6.00. The molecule has 94 valence electrons. The van der Waals surface area contributed by atoms with E-state index in [4.69, 9.17) is 0 Å².